The van der Waals surface area contributed by atoms with E-state index in [0.29, 0.717) is 12.3 Å². The summed E-state index contributed by atoms with van der Waals surface area (Å²) in [7, 11) is 0. The summed E-state index contributed by atoms with van der Waals surface area (Å²) in [4.78, 5) is 11.3. The van der Waals surface area contributed by atoms with Gasteiger partial charge in [0, 0.05) is 24.1 Å². The maximum absolute atomic E-state index is 13.3. The molecule has 100 valence electrons. The summed E-state index contributed by atoms with van der Waals surface area (Å²) in [6.07, 6.45) is 0.711. The van der Waals surface area contributed by atoms with Gasteiger partial charge in [-0.05, 0) is 18.6 Å². The van der Waals surface area contributed by atoms with Crippen molar-refractivity contribution in [2.75, 3.05) is 11.2 Å². The van der Waals surface area contributed by atoms with Gasteiger partial charge in [-0.25, -0.2) is 4.39 Å². The van der Waals surface area contributed by atoms with Crippen molar-refractivity contribution in [2.24, 2.45) is 0 Å². The molecule has 1 aromatic carbocycles. The fourth-order valence-corrected chi connectivity index (χ4v) is 1.35. The van der Waals surface area contributed by atoms with E-state index in [1.807, 2.05) is 0 Å². The Bertz CT molecular complexity index is 415. The van der Waals surface area contributed by atoms with Crippen molar-refractivity contribution in [3.8, 4) is 5.75 Å². The molecule has 1 N–H and O–H groups in total. The minimum atomic E-state index is -3.09. The molecule has 0 atom stereocenters. The smallest absolute Gasteiger partial charge is 0.387 e. The van der Waals surface area contributed by atoms with Gasteiger partial charge in [-0.3, -0.25) is 4.79 Å². The zero-order chi connectivity index (χ0) is 13.5. The van der Waals surface area contributed by atoms with E-state index < -0.39 is 18.2 Å². The number of benzene rings is 1. The SMILES string of the molecule is O=C(CCCCl)Nc1ccc(OC(F)F)c(F)c1. The van der Waals surface area contributed by atoms with Crippen LogP contribution in [0.3, 0.4) is 0 Å². The lowest BCUT2D eigenvalue weighted by Gasteiger charge is -2.08. The van der Waals surface area contributed by atoms with Crippen LogP contribution in [-0.2, 0) is 4.79 Å². The van der Waals surface area contributed by atoms with E-state index in [-0.39, 0.29) is 18.0 Å². The number of halogens is 4. The maximum atomic E-state index is 13.3. The van der Waals surface area contributed by atoms with Crippen molar-refractivity contribution >= 4 is 23.2 Å². The Balaban J connectivity index is 2.63. The summed E-state index contributed by atoms with van der Waals surface area (Å²) in [6.45, 7) is -3.09. The number of carbonyl (C=O) groups excluding carboxylic acids is 1. The summed E-state index contributed by atoms with van der Waals surface area (Å²) < 4.78 is 41.0. The highest BCUT2D eigenvalue weighted by Crippen LogP contribution is 2.22. The highest BCUT2D eigenvalue weighted by atomic mass is 35.5. The van der Waals surface area contributed by atoms with Crippen LogP contribution < -0.4 is 10.1 Å². The third-order valence-electron chi connectivity index (χ3n) is 1.97. The summed E-state index contributed by atoms with van der Waals surface area (Å²) >= 11 is 5.42. The van der Waals surface area contributed by atoms with Crippen LogP contribution in [-0.4, -0.2) is 18.4 Å². The molecule has 0 spiro atoms. The highest BCUT2D eigenvalue weighted by molar-refractivity contribution is 6.18. The molecule has 0 aliphatic carbocycles. The second-order valence-corrected chi connectivity index (χ2v) is 3.74. The van der Waals surface area contributed by atoms with E-state index in [1.165, 1.54) is 6.07 Å². The normalized spacial score (nSPS) is 10.5. The number of amides is 1. The molecule has 1 rings (SSSR count). The predicted octanol–water partition coefficient (Wildman–Crippen LogP) is 3.38. The molecule has 0 aliphatic rings. The highest BCUT2D eigenvalue weighted by Gasteiger charge is 2.11. The van der Waals surface area contributed by atoms with Crippen LogP contribution >= 0.6 is 11.6 Å². The largest absolute Gasteiger partial charge is 0.432 e. The van der Waals surface area contributed by atoms with Gasteiger partial charge < -0.3 is 10.1 Å². The number of anilines is 1. The molecular weight excluding hydrogens is 271 g/mol. The van der Waals surface area contributed by atoms with Crippen molar-refractivity contribution in [3.63, 3.8) is 0 Å². The van der Waals surface area contributed by atoms with Gasteiger partial charge in [0.15, 0.2) is 11.6 Å². The Labute approximate surface area is 107 Å². The Hall–Kier alpha value is -1.43. The molecule has 0 saturated carbocycles. The standard InChI is InChI=1S/C11H11ClF3NO2/c12-5-1-2-10(17)16-7-3-4-9(8(13)6-7)18-11(14)15/h3-4,6,11H,1-2,5H2,(H,16,17). The average Bonchev–Trinajstić information content (AvgIpc) is 2.29. The molecule has 0 bridgehead atoms. The van der Waals surface area contributed by atoms with Gasteiger partial charge in [-0.1, -0.05) is 0 Å². The molecule has 3 nitrogen and oxygen atoms in total. The third kappa shape index (κ3) is 4.83. The van der Waals surface area contributed by atoms with E-state index in [2.05, 4.69) is 10.1 Å². The van der Waals surface area contributed by atoms with Gasteiger partial charge in [-0.15, -0.1) is 11.6 Å². The quantitative estimate of drug-likeness (QED) is 0.812. The fraction of sp³-hybridized carbons (Fsp3) is 0.364. The summed E-state index contributed by atoms with van der Waals surface area (Å²) in [5.74, 6) is -1.50. The van der Waals surface area contributed by atoms with Crippen LogP contribution in [0.25, 0.3) is 0 Å². The van der Waals surface area contributed by atoms with Gasteiger partial charge in [0.05, 0.1) is 0 Å². The van der Waals surface area contributed by atoms with E-state index in [0.717, 1.165) is 12.1 Å². The van der Waals surface area contributed by atoms with Gasteiger partial charge in [0.2, 0.25) is 5.91 Å². The van der Waals surface area contributed by atoms with E-state index in [4.69, 9.17) is 11.6 Å². The first kappa shape index (κ1) is 14.6. The number of rotatable bonds is 6. The number of carbonyl (C=O) groups is 1. The topological polar surface area (TPSA) is 38.3 Å². The van der Waals surface area contributed by atoms with Gasteiger partial charge in [0.1, 0.15) is 0 Å². The molecule has 0 unspecified atom stereocenters. The maximum Gasteiger partial charge on any atom is 0.387 e. The first-order valence-electron chi connectivity index (χ1n) is 5.13. The zero-order valence-corrected chi connectivity index (χ0v) is 10.0. The molecule has 18 heavy (non-hydrogen) atoms. The van der Waals surface area contributed by atoms with Crippen LogP contribution in [0, 0.1) is 5.82 Å². The first-order chi connectivity index (χ1) is 8.52. The molecule has 7 heteroatoms. The van der Waals surface area contributed by atoms with Crippen LogP contribution in [0.2, 0.25) is 0 Å². The number of hydrogen-bond donors (Lipinski definition) is 1. The summed E-state index contributed by atoms with van der Waals surface area (Å²) in [5, 5.41) is 2.42. The van der Waals surface area contributed by atoms with Crippen LogP contribution in [0.4, 0.5) is 18.9 Å². The Morgan fingerprint density at radius 2 is 2.17 bits per heavy atom. The first-order valence-corrected chi connectivity index (χ1v) is 5.66. The van der Waals surface area contributed by atoms with E-state index >= 15 is 0 Å². The van der Waals surface area contributed by atoms with Crippen molar-refractivity contribution in [2.45, 2.75) is 19.5 Å². The van der Waals surface area contributed by atoms with Gasteiger partial charge in [0.25, 0.3) is 0 Å². The predicted molar refractivity (Wildman–Crippen MR) is 61.6 cm³/mol. The number of hydrogen-bond acceptors (Lipinski definition) is 2. The third-order valence-corrected chi connectivity index (χ3v) is 2.24. The van der Waals surface area contributed by atoms with Crippen molar-refractivity contribution in [1.29, 1.82) is 0 Å². The van der Waals surface area contributed by atoms with Crippen molar-refractivity contribution in [1.82, 2.24) is 0 Å². The summed E-state index contributed by atoms with van der Waals surface area (Å²) in [6, 6.07) is 3.22. The fourth-order valence-electron chi connectivity index (χ4n) is 1.22. The Kier molecular flexibility index (Phi) is 5.77. The lowest BCUT2D eigenvalue weighted by Crippen LogP contribution is -2.11. The lowest BCUT2D eigenvalue weighted by atomic mass is 10.2. The van der Waals surface area contributed by atoms with Gasteiger partial charge in [-0.2, -0.15) is 8.78 Å². The number of ether oxygens (including phenoxy) is 1. The Morgan fingerprint density at radius 1 is 1.44 bits per heavy atom. The summed E-state index contributed by atoms with van der Waals surface area (Å²) in [5.41, 5.74) is 0.175. The minimum absolute atomic E-state index is 0.175. The molecule has 0 saturated heterocycles. The monoisotopic (exact) mass is 281 g/mol. The molecule has 0 radical (unpaired) electrons. The van der Waals surface area contributed by atoms with Crippen LogP contribution in [0.15, 0.2) is 18.2 Å². The molecule has 1 amide bonds. The Morgan fingerprint density at radius 3 is 2.72 bits per heavy atom. The number of nitrogens with one attached hydrogen (secondary N) is 1. The minimum Gasteiger partial charge on any atom is -0.432 e. The molecule has 0 aromatic heterocycles. The molecule has 0 heterocycles. The zero-order valence-electron chi connectivity index (χ0n) is 9.26. The van der Waals surface area contributed by atoms with Crippen molar-refractivity contribution < 1.29 is 22.7 Å². The van der Waals surface area contributed by atoms with E-state index in [1.54, 1.807) is 0 Å². The lowest BCUT2D eigenvalue weighted by molar-refractivity contribution is -0.116. The van der Waals surface area contributed by atoms with Gasteiger partial charge >= 0.3 is 6.61 Å². The molecule has 1 aromatic rings. The van der Waals surface area contributed by atoms with Crippen LogP contribution in [0.5, 0.6) is 5.75 Å². The van der Waals surface area contributed by atoms with E-state index in [9.17, 15) is 18.0 Å². The molecular formula is C11H11ClF3NO2. The number of alkyl halides is 3. The second kappa shape index (κ2) is 7.10. The second-order valence-electron chi connectivity index (χ2n) is 3.36. The van der Waals surface area contributed by atoms with Crippen LogP contribution in [0.1, 0.15) is 12.8 Å². The average molecular weight is 282 g/mol. The molecule has 0 fully saturated rings. The van der Waals surface area contributed by atoms with Crippen molar-refractivity contribution in [3.05, 3.63) is 24.0 Å². The molecule has 0 aliphatic heterocycles.